The normalized spacial score (nSPS) is 18.0. The Labute approximate surface area is 131 Å². The van der Waals surface area contributed by atoms with E-state index in [0.717, 1.165) is 32.5 Å². The average Bonchev–Trinajstić information content (AvgIpc) is 3.15. The van der Waals surface area contributed by atoms with Crippen LogP contribution in [0.15, 0.2) is 22.5 Å². The first-order valence-electron chi connectivity index (χ1n) is 7.79. The zero-order chi connectivity index (χ0) is 15.0. The van der Waals surface area contributed by atoms with Crippen LogP contribution in [0.1, 0.15) is 37.0 Å². The van der Waals surface area contributed by atoms with Gasteiger partial charge in [0.15, 0.2) is 5.96 Å². The number of hydrogen-bond donors (Lipinski definition) is 2. The van der Waals surface area contributed by atoms with Crippen LogP contribution < -0.4 is 11.1 Å². The molecule has 1 aliphatic rings. The standard InChI is InChI=1S/C16H27N3OS/c1-20-11-9-16(7-2-3-8-16)13-19-15(17)18-10-6-14-5-4-12-21-14/h4-5,12H,2-3,6-11,13H2,1H3,(H3,17,18,19). The third kappa shape index (κ3) is 5.32. The maximum Gasteiger partial charge on any atom is 0.188 e. The second-order valence-electron chi connectivity index (χ2n) is 5.91. The molecule has 118 valence electrons. The fourth-order valence-electron chi connectivity index (χ4n) is 3.01. The van der Waals surface area contributed by atoms with E-state index in [1.54, 1.807) is 18.4 Å². The molecule has 2 rings (SSSR count). The summed E-state index contributed by atoms with van der Waals surface area (Å²) in [6.45, 7) is 2.50. The molecule has 1 aliphatic carbocycles. The topological polar surface area (TPSA) is 59.6 Å². The van der Waals surface area contributed by atoms with E-state index in [0.29, 0.717) is 11.4 Å². The lowest BCUT2D eigenvalue weighted by atomic mass is 9.83. The SMILES string of the molecule is COCCC1(CN=C(N)NCCc2cccs2)CCCC1. The van der Waals surface area contributed by atoms with E-state index in [9.17, 15) is 0 Å². The fourth-order valence-corrected chi connectivity index (χ4v) is 3.72. The minimum absolute atomic E-state index is 0.316. The van der Waals surface area contributed by atoms with E-state index >= 15 is 0 Å². The molecule has 0 aliphatic heterocycles. The number of ether oxygens (including phenoxy) is 1. The molecule has 0 spiro atoms. The molecule has 21 heavy (non-hydrogen) atoms. The van der Waals surface area contributed by atoms with E-state index < -0.39 is 0 Å². The van der Waals surface area contributed by atoms with Crippen molar-refractivity contribution in [2.45, 2.75) is 38.5 Å². The highest BCUT2D eigenvalue weighted by Gasteiger charge is 2.33. The van der Waals surface area contributed by atoms with Gasteiger partial charge in [-0.2, -0.15) is 0 Å². The van der Waals surface area contributed by atoms with Gasteiger partial charge in [-0.25, -0.2) is 0 Å². The molecular formula is C16H27N3OS. The van der Waals surface area contributed by atoms with Crippen LogP contribution in [-0.2, 0) is 11.2 Å². The predicted octanol–water partition coefficient (Wildman–Crippen LogP) is 2.79. The van der Waals surface area contributed by atoms with Crippen LogP contribution in [0, 0.1) is 5.41 Å². The van der Waals surface area contributed by atoms with Crippen LogP contribution in [0.5, 0.6) is 0 Å². The van der Waals surface area contributed by atoms with Gasteiger partial charge in [0, 0.05) is 31.7 Å². The fraction of sp³-hybridized carbons (Fsp3) is 0.688. The minimum atomic E-state index is 0.316. The van der Waals surface area contributed by atoms with Crippen LogP contribution in [0.25, 0.3) is 0 Å². The Morgan fingerprint density at radius 2 is 2.29 bits per heavy atom. The molecule has 0 radical (unpaired) electrons. The molecular weight excluding hydrogens is 282 g/mol. The maximum absolute atomic E-state index is 5.99. The highest BCUT2D eigenvalue weighted by Crippen LogP contribution is 2.41. The van der Waals surface area contributed by atoms with Crippen molar-refractivity contribution in [2.24, 2.45) is 16.1 Å². The quantitative estimate of drug-likeness (QED) is 0.573. The van der Waals surface area contributed by atoms with Crippen LogP contribution in [0.2, 0.25) is 0 Å². The summed E-state index contributed by atoms with van der Waals surface area (Å²) in [7, 11) is 1.77. The van der Waals surface area contributed by atoms with E-state index in [2.05, 4.69) is 27.8 Å². The van der Waals surface area contributed by atoms with E-state index in [1.807, 2.05) is 0 Å². The van der Waals surface area contributed by atoms with Gasteiger partial charge in [0.05, 0.1) is 0 Å². The first kappa shape index (κ1) is 16.3. The van der Waals surface area contributed by atoms with E-state index in [4.69, 9.17) is 10.5 Å². The monoisotopic (exact) mass is 309 g/mol. The number of guanidine groups is 1. The number of rotatable bonds is 8. The Bertz CT molecular complexity index is 425. The van der Waals surface area contributed by atoms with Gasteiger partial charge in [-0.05, 0) is 42.5 Å². The van der Waals surface area contributed by atoms with Crippen molar-refractivity contribution >= 4 is 17.3 Å². The number of methoxy groups -OCH3 is 1. The van der Waals surface area contributed by atoms with Gasteiger partial charge in [0.2, 0.25) is 0 Å². The lowest BCUT2D eigenvalue weighted by Crippen LogP contribution is -2.35. The summed E-state index contributed by atoms with van der Waals surface area (Å²) in [5.41, 5.74) is 6.31. The Balaban J connectivity index is 1.75. The van der Waals surface area contributed by atoms with Crippen LogP contribution in [0.3, 0.4) is 0 Å². The summed E-state index contributed by atoms with van der Waals surface area (Å²) in [5, 5.41) is 5.32. The summed E-state index contributed by atoms with van der Waals surface area (Å²) >= 11 is 1.78. The third-order valence-corrected chi connectivity index (χ3v) is 5.28. The molecule has 0 amide bonds. The van der Waals surface area contributed by atoms with Crippen molar-refractivity contribution in [3.05, 3.63) is 22.4 Å². The highest BCUT2D eigenvalue weighted by molar-refractivity contribution is 7.09. The van der Waals surface area contributed by atoms with Gasteiger partial charge in [-0.3, -0.25) is 4.99 Å². The van der Waals surface area contributed by atoms with E-state index in [-0.39, 0.29) is 0 Å². The molecule has 4 nitrogen and oxygen atoms in total. The second kappa shape index (κ2) is 8.39. The lowest BCUT2D eigenvalue weighted by Gasteiger charge is -2.26. The van der Waals surface area contributed by atoms with Gasteiger partial charge in [0.25, 0.3) is 0 Å². The maximum atomic E-state index is 5.99. The molecule has 1 saturated carbocycles. The lowest BCUT2D eigenvalue weighted by molar-refractivity contribution is 0.141. The van der Waals surface area contributed by atoms with Crippen molar-refractivity contribution in [3.8, 4) is 0 Å². The molecule has 1 heterocycles. The molecule has 0 saturated heterocycles. The van der Waals surface area contributed by atoms with Crippen LogP contribution in [-0.4, -0.2) is 32.8 Å². The van der Waals surface area contributed by atoms with E-state index in [1.165, 1.54) is 30.6 Å². The molecule has 1 aromatic heterocycles. The number of thiophene rings is 1. The zero-order valence-electron chi connectivity index (χ0n) is 12.9. The summed E-state index contributed by atoms with van der Waals surface area (Å²) < 4.78 is 5.25. The zero-order valence-corrected chi connectivity index (χ0v) is 13.8. The largest absolute Gasteiger partial charge is 0.385 e. The molecule has 0 aromatic carbocycles. The summed E-state index contributed by atoms with van der Waals surface area (Å²) in [5.74, 6) is 0.579. The number of nitrogens with two attached hydrogens (primary N) is 1. The Hall–Kier alpha value is -1.07. The van der Waals surface area contributed by atoms with Gasteiger partial charge in [0.1, 0.15) is 0 Å². The van der Waals surface area contributed by atoms with Crippen LogP contribution in [0.4, 0.5) is 0 Å². The number of nitrogens with one attached hydrogen (secondary N) is 1. The van der Waals surface area contributed by atoms with Gasteiger partial charge >= 0.3 is 0 Å². The molecule has 1 aromatic rings. The molecule has 0 unspecified atom stereocenters. The molecule has 1 fully saturated rings. The average molecular weight is 309 g/mol. The number of nitrogens with zero attached hydrogens (tertiary/aromatic N) is 1. The predicted molar refractivity (Wildman–Crippen MR) is 89.9 cm³/mol. The Morgan fingerprint density at radius 1 is 1.48 bits per heavy atom. The smallest absolute Gasteiger partial charge is 0.188 e. The molecule has 5 heteroatoms. The second-order valence-corrected chi connectivity index (χ2v) is 6.94. The van der Waals surface area contributed by atoms with Crippen LogP contribution >= 0.6 is 11.3 Å². The minimum Gasteiger partial charge on any atom is -0.385 e. The Kier molecular flexibility index (Phi) is 6.51. The molecule has 3 N–H and O–H groups in total. The highest BCUT2D eigenvalue weighted by atomic mass is 32.1. The first-order valence-corrected chi connectivity index (χ1v) is 8.67. The molecule has 0 atom stereocenters. The van der Waals surface area contributed by atoms with Crippen molar-refractivity contribution in [2.75, 3.05) is 26.8 Å². The van der Waals surface area contributed by atoms with Crippen molar-refractivity contribution in [1.82, 2.24) is 5.32 Å². The molecule has 0 bridgehead atoms. The summed E-state index contributed by atoms with van der Waals surface area (Å²) in [6, 6.07) is 4.23. The Morgan fingerprint density at radius 3 is 2.95 bits per heavy atom. The number of hydrogen-bond acceptors (Lipinski definition) is 3. The summed E-state index contributed by atoms with van der Waals surface area (Å²) in [4.78, 5) is 5.96. The van der Waals surface area contributed by atoms with Crippen molar-refractivity contribution in [3.63, 3.8) is 0 Å². The van der Waals surface area contributed by atoms with Gasteiger partial charge < -0.3 is 15.8 Å². The van der Waals surface area contributed by atoms with Gasteiger partial charge in [-0.1, -0.05) is 18.9 Å². The summed E-state index contributed by atoms with van der Waals surface area (Å²) in [6.07, 6.45) is 7.22. The number of aliphatic imine (C=N–C) groups is 1. The van der Waals surface area contributed by atoms with Crippen molar-refractivity contribution in [1.29, 1.82) is 0 Å². The van der Waals surface area contributed by atoms with Gasteiger partial charge in [-0.15, -0.1) is 11.3 Å². The first-order chi connectivity index (χ1) is 10.2. The third-order valence-electron chi connectivity index (χ3n) is 4.34. The van der Waals surface area contributed by atoms with Crippen molar-refractivity contribution < 1.29 is 4.74 Å².